The molecule has 2 N–H and O–H groups in total. The van der Waals surface area contributed by atoms with Gasteiger partial charge in [-0.3, -0.25) is 14.9 Å². The largest absolute Gasteiger partial charge is 0.357 e. The molecule has 1 amide bonds. The number of aliphatic imine (C=N–C) groups is 1. The highest BCUT2D eigenvalue weighted by Crippen LogP contribution is 2.12. The van der Waals surface area contributed by atoms with Crippen LogP contribution in [0.15, 0.2) is 53.5 Å². The maximum Gasteiger partial charge on any atom is 0.269 e. The molecule has 0 unspecified atom stereocenters. The van der Waals surface area contributed by atoms with Crippen LogP contribution in [0.5, 0.6) is 0 Å². The van der Waals surface area contributed by atoms with E-state index in [0.29, 0.717) is 24.6 Å². The van der Waals surface area contributed by atoms with Gasteiger partial charge in [-0.05, 0) is 36.6 Å². The number of hydrogen-bond acceptors (Lipinski definition) is 4. The van der Waals surface area contributed by atoms with E-state index in [1.807, 2.05) is 31.2 Å². The lowest BCUT2D eigenvalue weighted by atomic mass is 10.1. The van der Waals surface area contributed by atoms with Gasteiger partial charge in [-0.2, -0.15) is 0 Å². The van der Waals surface area contributed by atoms with Crippen LogP contribution < -0.4 is 10.6 Å². The third-order valence-electron chi connectivity index (χ3n) is 4.20. The molecule has 0 aromatic heterocycles. The summed E-state index contributed by atoms with van der Waals surface area (Å²) in [4.78, 5) is 28.5. The van der Waals surface area contributed by atoms with Gasteiger partial charge in [-0.1, -0.05) is 24.3 Å². The molecule has 0 atom stereocenters. The van der Waals surface area contributed by atoms with Gasteiger partial charge in [0.1, 0.15) is 0 Å². The van der Waals surface area contributed by atoms with Gasteiger partial charge in [0.15, 0.2) is 5.96 Å². The highest BCUT2D eigenvalue weighted by Gasteiger charge is 2.08. The van der Waals surface area contributed by atoms with E-state index in [0.717, 1.165) is 24.1 Å². The Kier molecular flexibility index (Phi) is 8.14. The van der Waals surface area contributed by atoms with Crippen LogP contribution in [0.1, 0.15) is 28.4 Å². The second kappa shape index (κ2) is 10.8. The molecule has 2 aromatic carbocycles. The van der Waals surface area contributed by atoms with E-state index < -0.39 is 4.92 Å². The standard InChI is InChI=1S/C21H27N5O3/c1-4-22-21(24-15-17-8-10-19(11-9-17)26(28)29)23-13-12-16-6-5-7-18(14-16)20(27)25(2)3/h5-11,14H,4,12-13,15H2,1-3H3,(H2,22,23,24). The van der Waals surface area contributed by atoms with Crippen molar-refractivity contribution in [3.05, 3.63) is 75.3 Å². The summed E-state index contributed by atoms with van der Waals surface area (Å²) < 4.78 is 0. The van der Waals surface area contributed by atoms with Gasteiger partial charge in [-0.15, -0.1) is 0 Å². The molecule has 0 fully saturated rings. The first kappa shape index (κ1) is 21.9. The lowest BCUT2D eigenvalue weighted by Gasteiger charge is -2.13. The van der Waals surface area contributed by atoms with Crippen LogP contribution in [0.2, 0.25) is 0 Å². The predicted octanol–water partition coefficient (Wildman–Crippen LogP) is 2.59. The van der Waals surface area contributed by atoms with Crippen molar-refractivity contribution in [3.63, 3.8) is 0 Å². The Morgan fingerprint density at radius 2 is 1.83 bits per heavy atom. The normalized spacial score (nSPS) is 11.1. The van der Waals surface area contributed by atoms with Crippen molar-refractivity contribution < 1.29 is 9.72 Å². The lowest BCUT2D eigenvalue weighted by molar-refractivity contribution is -0.384. The van der Waals surface area contributed by atoms with Gasteiger partial charge < -0.3 is 15.5 Å². The van der Waals surface area contributed by atoms with E-state index in [-0.39, 0.29) is 11.6 Å². The molecular weight excluding hydrogens is 370 g/mol. The van der Waals surface area contributed by atoms with Crippen LogP contribution in [0.25, 0.3) is 0 Å². The molecular formula is C21H27N5O3. The molecule has 154 valence electrons. The van der Waals surface area contributed by atoms with Gasteiger partial charge >= 0.3 is 0 Å². The summed E-state index contributed by atoms with van der Waals surface area (Å²) in [6.07, 6.45) is 0.747. The lowest BCUT2D eigenvalue weighted by Crippen LogP contribution is -2.38. The van der Waals surface area contributed by atoms with Gasteiger partial charge in [0.2, 0.25) is 0 Å². The number of nitrogens with one attached hydrogen (secondary N) is 2. The number of nitro benzene ring substituents is 1. The van der Waals surface area contributed by atoms with Crippen molar-refractivity contribution >= 4 is 17.6 Å². The van der Waals surface area contributed by atoms with Crippen molar-refractivity contribution in [1.82, 2.24) is 15.5 Å². The second-order valence-corrected chi connectivity index (χ2v) is 6.70. The molecule has 0 saturated heterocycles. The number of rotatable bonds is 8. The molecule has 0 bridgehead atoms. The van der Waals surface area contributed by atoms with Crippen LogP contribution in [0.3, 0.4) is 0 Å². The molecule has 2 aromatic rings. The minimum atomic E-state index is -0.417. The summed E-state index contributed by atoms with van der Waals surface area (Å²) in [6, 6.07) is 14.0. The number of non-ortho nitro benzene ring substituents is 1. The summed E-state index contributed by atoms with van der Waals surface area (Å²) in [5.41, 5.74) is 2.70. The van der Waals surface area contributed by atoms with Crippen LogP contribution in [0, 0.1) is 10.1 Å². The summed E-state index contributed by atoms with van der Waals surface area (Å²) in [5.74, 6) is 0.657. The minimum Gasteiger partial charge on any atom is -0.357 e. The molecule has 8 nitrogen and oxygen atoms in total. The van der Waals surface area contributed by atoms with Crippen molar-refractivity contribution in [1.29, 1.82) is 0 Å². The molecule has 0 spiro atoms. The average Bonchev–Trinajstić information content (AvgIpc) is 2.72. The quantitative estimate of drug-likeness (QED) is 0.309. The second-order valence-electron chi connectivity index (χ2n) is 6.70. The Balaban J connectivity index is 1.93. The molecule has 0 aliphatic heterocycles. The summed E-state index contributed by atoms with van der Waals surface area (Å²) in [6.45, 7) is 3.78. The Morgan fingerprint density at radius 3 is 2.45 bits per heavy atom. The zero-order valence-corrected chi connectivity index (χ0v) is 17.0. The van der Waals surface area contributed by atoms with Crippen molar-refractivity contribution in [2.75, 3.05) is 27.2 Å². The number of amides is 1. The maximum absolute atomic E-state index is 12.1. The molecule has 0 aliphatic rings. The maximum atomic E-state index is 12.1. The van der Waals surface area contributed by atoms with Crippen LogP contribution >= 0.6 is 0 Å². The van der Waals surface area contributed by atoms with E-state index in [9.17, 15) is 14.9 Å². The van der Waals surface area contributed by atoms with Crippen LogP contribution in [-0.2, 0) is 13.0 Å². The Morgan fingerprint density at radius 1 is 1.10 bits per heavy atom. The monoisotopic (exact) mass is 397 g/mol. The van der Waals surface area contributed by atoms with E-state index in [1.54, 1.807) is 31.1 Å². The zero-order chi connectivity index (χ0) is 21.2. The van der Waals surface area contributed by atoms with E-state index in [2.05, 4.69) is 15.6 Å². The Hall–Kier alpha value is -3.42. The van der Waals surface area contributed by atoms with Gasteiger partial charge in [0, 0.05) is 44.9 Å². The van der Waals surface area contributed by atoms with Crippen molar-refractivity contribution in [3.8, 4) is 0 Å². The molecule has 29 heavy (non-hydrogen) atoms. The van der Waals surface area contributed by atoms with Crippen molar-refractivity contribution in [2.24, 2.45) is 4.99 Å². The van der Waals surface area contributed by atoms with E-state index >= 15 is 0 Å². The first-order chi connectivity index (χ1) is 13.9. The minimum absolute atomic E-state index is 0.0159. The number of nitro groups is 1. The van der Waals surface area contributed by atoms with Crippen molar-refractivity contribution in [2.45, 2.75) is 19.9 Å². The average molecular weight is 397 g/mol. The number of carbonyl (C=O) groups is 1. The number of nitrogens with zero attached hydrogens (tertiary/aromatic N) is 3. The van der Waals surface area contributed by atoms with Gasteiger partial charge in [0.25, 0.3) is 11.6 Å². The van der Waals surface area contributed by atoms with Crippen LogP contribution in [0.4, 0.5) is 5.69 Å². The van der Waals surface area contributed by atoms with Gasteiger partial charge in [0.05, 0.1) is 11.5 Å². The number of hydrogen-bond donors (Lipinski definition) is 2. The topological polar surface area (TPSA) is 99.9 Å². The summed E-state index contributed by atoms with van der Waals surface area (Å²) in [7, 11) is 3.47. The molecule has 2 rings (SSSR count). The first-order valence-corrected chi connectivity index (χ1v) is 9.46. The van der Waals surface area contributed by atoms with E-state index in [1.165, 1.54) is 12.1 Å². The smallest absolute Gasteiger partial charge is 0.269 e. The predicted molar refractivity (Wildman–Crippen MR) is 114 cm³/mol. The first-order valence-electron chi connectivity index (χ1n) is 9.46. The summed E-state index contributed by atoms with van der Waals surface area (Å²) in [5, 5.41) is 17.2. The SMILES string of the molecule is CCNC(=NCc1ccc([N+](=O)[O-])cc1)NCCc1cccc(C(=O)N(C)C)c1. The molecule has 0 saturated carbocycles. The zero-order valence-electron chi connectivity index (χ0n) is 17.0. The number of carbonyl (C=O) groups excluding carboxylic acids is 1. The number of benzene rings is 2. The fourth-order valence-corrected chi connectivity index (χ4v) is 2.68. The van der Waals surface area contributed by atoms with Crippen LogP contribution in [-0.4, -0.2) is 48.9 Å². The van der Waals surface area contributed by atoms with E-state index in [4.69, 9.17) is 0 Å². The molecule has 0 heterocycles. The highest BCUT2D eigenvalue weighted by atomic mass is 16.6. The Bertz CT molecular complexity index is 863. The fraction of sp³-hybridized carbons (Fsp3) is 0.333. The molecule has 0 radical (unpaired) electrons. The number of guanidine groups is 1. The van der Waals surface area contributed by atoms with Gasteiger partial charge in [-0.25, -0.2) is 4.99 Å². The summed E-state index contributed by atoms with van der Waals surface area (Å²) >= 11 is 0. The third-order valence-corrected chi connectivity index (χ3v) is 4.20. The molecule has 0 aliphatic carbocycles. The highest BCUT2D eigenvalue weighted by molar-refractivity contribution is 5.94. The molecule has 8 heteroatoms. The fourth-order valence-electron chi connectivity index (χ4n) is 2.68. The third kappa shape index (κ3) is 6.91. The Labute approximate surface area is 170 Å².